The molecule has 4 rings (SSSR count). The number of aliphatic carboxylic acids is 2. The fraction of sp³-hybridized carbons (Fsp3) is 0.250. The number of nitrogens with zero attached hydrogens (tertiary/aromatic N) is 1. The van der Waals surface area contributed by atoms with Gasteiger partial charge in [0.05, 0.1) is 18.3 Å². The number of aliphatic hydroxyl groups excluding tert-OH is 3. The van der Waals surface area contributed by atoms with Crippen LogP contribution in [0.15, 0.2) is 77.7 Å². The molecule has 4 atom stereocenters. The van der Waals surface area contributed by atoms with E-state index in [0.29, 0.717) is 22.7 Å². The molecule has 2 aromatic carbocycles. The summed E-state index contributed by atoms with van der Waals surface area (Å²) in [6, 6.07) is 18.0. The molecule has 0 amide bonds. The summed E-state index contributed by atoms with van der Waals surface area (Å²) in [6.45, 7) is -0.0470. The van der Waals surface area contributed by atoms with Gasteiger partial charge in [0.15, 0.2) is 11.9 Å². The number of carbonyl (C=O) groups is 2. The van der Waals surface area contributed by atoms with Crippen molar-refractivity contribution in [3.8, 4) is 0 Å². The van der Waals surface area contributed by atoms with Crippen molar-refractivity contribution in [2.45, 2.75) is 23.9 Å². The molecule has 3 aromatic rings. The van der Waals surface area contributed by atoms with Crippen LogP contribution in [0.3, 0.4) is 0 Å². The third-order valence-electron chi connectivity index (χ3n) is 4.78. The van der Waals surface area contributed by atoms with Gasteiger partial charge in [-0.2, -0.15) is 14.3 Å². The zero-order chi connectivity index (χ0) is 27.4. The van der Waals surface area contributed by atoms with Gasteiger partial charge >= 0.3 is 11.7 Å². The number of rotatable bonds is 6. The van der Waals surface area contributed by atoms with Gasteiger partial charge in [-0.25, -0.2) is 4.79 Å². The second-order valence-corrected chi connectivity index (χ2v) is 8.62. The molecule has 2 heterocycles. The van der Waals surface area contributed by atoms with Gasteiger partial charge < -0.3 is 57.2 Å². The first kappa shape index (κ1) is 38.3. The Kier molecular flexibility index (Phi) is 18.4. The molecule has 13 N–H and O–H groups in total. The van der Waals surface area contributed by atoms with Crippen LogP contribution in [0.1, 0.15) is 29.6 Å². The Bertz CT molecular complexity index is 1140. The number of hydrogen-bond acceptors (Lipinski definition) is 10. The Labute approximate surface area is 232 Å². The van der Waals surface area contributed by atoms with Crippen LogP contribution < -0.4 is 21.1 Å². The first-order chi connectivity index (χ1) is 17.6. The molecule has 16 heteroatoms. The number of ether oxygens (including phenoxy) is 1. The number of carboxylic acid groups (broad SMARTS) is 2. The SMILES string of the molecule is Nc1cc[n+]([C@@H]2CS[C@H](CO)O2)c(=O)[nH]1.O.O.O.O=C(O)[C@@H](O)c1ccccc1.O=C([O-])[C@H](O)c1ccccc1. The van der Waals surface area contributed by atoms with E-state index in [0.717, 1.165) is 0 Å². The minimum atomic E-state index is -1.52. The van der Waals surface area contributed by atoms with E-state index in [4.69, 9.17) is 30.9 Å². The fourth-order valence-electron chi connectivity index (χ4n) is 2.92. The summed E-state index contributed by atoms with van der Waals surface area (Å²) in [5.74, 6) is -1.74. The first-order valence-corrected chi connectivity index (χ1v) is 11.9. The molecule has 15 nitrogen and oxygen atoms in total. The monoisotopic (exact) mass is 587 g/mol. The maximum Gasteiger partial charge on any atom is 0.499 e. The van der Waals surface area contributed by atoms with Gasteiger partial charge in [0.25, 0.3) is 0 Å². The van der Waals surface area contributed by atoms with E-state index >= 15 is 0 Å². The molecule has 1 aliphatic heterocycles. The van der Waals surface area contributed by atoms with Crippen LogP contribution in [-0.2, 0) is 14.3 Å². The predicted octanol–water partition coefficient (Wildman–Crippen LogP) is -3.37. The largest absolute Gasteiger partial charge is 0.547 e. The van der Waals surface area contributed by atoms with Crippen molar-refractivity contribution >= 4 is 29.5 Å². The van der Waals surface area contributed by atoms with Crippen molar-refractivity contribution in [3.05, 3.63) is 94.5 Å². The van der Waals surface area contributed by atoms with E-state index in [-0.39, 0.29) is 40.4 Å². The summed E-state index contributed by atoms with van der Waals surface area (Å²) in [4.78, 5) is 34.4. The first-order valence-electron chi connectivity index (χ1n) is 10.8. The molecule has 0 unspecified atom stereocenters. The number of carboxylic acids is 2. The van der Waals surface area contributed by atoms with E-state index in [1.165, 1.54) is 28.5 Å². The van der Waals surface area contributed by atoms with Crippen molar-refractivity contribution in [3.63, 3.8) is 0 Å². The second kappa shape index (κ2) is 19.2. The van der Waals surface area contributed by atoms with Crippen molar-refractivity contribution in [2.24, 2.45) is 0 Å². The van der Waals surface area contributed by atoms with Crippen LogP contribution in [0.2, 0.25) is 0 Å². The average molecular weight is 588 g/mol. The van der Waals surface area contributed by atoms with Gasteiger partial charge in [-0.3, -0.25) is 0 Å². The summed E-state index contributed by atoms with van der Waals surface area (Å²) in [5.41, 5.74) is 5.61. The van der Waals surface area contributed by atoms with Gasteiger partial charge in [-0.15, -0.1) is 11.8 Å². The molecule has 0 spiro atoms. The van der Waals surface area contributed by atoms with Crippen LogP contribution in [0.5, 0.6) is 0 Å². The third kappa shape index (κ3) is 11.9. The lowest BCUT2D eigenvalue weighted by Crippen LogP contribution is -2.55. The van der Waals surface area contributed by atoms with Crippen molar-refractivity contribution in [1.82, 2.24) is 4.98 Å². The Balaban J connectivity index is 0. The lowest BCUT2D eigenvalue weighted by molar-refractivity contribution is -0.770. The van der Waals surface area contributed by atoms with Crippen LogP contribution >= 0.6 is 11.8 Å². The number of carbonyl (C=O) groups excluding carboxylic acids is 1. The predicted molar refractivity (Wildman–Crippen MR) is 141 cm³/mol. The average Bonchev–Trinajstić information content (AvgIpc) is 3.38. The summed E-state index contributed by atoms with van der Waals surface area (Å²) < 4.78 is 6.86. The number of anilines is 1. The summed E-state index contributed by atoms with van der Waals surface area (Å²) in [5, 5.41) is 45.3. The summed E-state index contributed by atoms with van der Waals surface area (Å²) in [7, 11) is 0. The van der Waals surface area contributed by atoms with Crippen LogP contribution in [0, 0.1) is 0 Å². The number of benzene rings is 2. The van der Waals surface area contributed by atoms with Crippen LogP contribution in [-0.4, -0.2) is 71.6 Å². The van der Waals surface area contributed by atoms with Gasteiger partial charge in [0, 0.05) is 6.07 Å². The molecule has 1 fully saturated rings. The lowest BCUT2D eigenvalue weighted by Gasteiger charge is -2.10. The van der Waals surface area contributed by atoms with E-state index in [1.807, 2.05) is 0 Å². The van der Waals surface area contributed by atoms with Crippen molar-refractivity contribution < 1.29 is 60.9 Å². The zero-order valence-electron chi connectivity index (χ0n) is 20.9. The smallest absolute Gasteiger partial charge is 0.499 e. The van der Waals surface area contributed by atoms with Gasteiger partial charge in [-0.1, -0.05) is 60.7 Å². The topological polar surface area (TPSA) is 305 Å². The van der Waals surface area contributed by atoms with E-state index in [2.05, 4.69) is 4.98 Å². The summed E-state index contributed by atoms with van der Waals surface area (Å²) in [6.07, 6.45) is -1.68. The van der Waals surface area contributed by atoms with E-state index in [9.17, 15) is 19.5 Å². The van der Waals surface area contributed by atoms with Crippen molar-refractivity contribution in [2.75, 3.05) is 18.1 Å². The highest BCUT2D eigenvalue weighted by atomic mass is 32.2. The van der Waals surface area contributed by atoms with Crippen molar-refractivity contribution in [1.29, 1.82) is 0 Å². The quantitative estimate of drug-likeness (QED) is 0.155. The molecule has 1 aromatic heterocycles. The Morgan fingerprint density at radius 2 is 1.50 bits per heavy atom. The Morgan fingerprint density at radius 1 is 1.00 bits per heavy atom. The molecule has 0 radical (unpaired) electrons. The zero-order valence-corrected chi connectivity index (χ0v) is 21.7. The minimum absolute atomic E-state index is 0. The highest BCUT2D eigenvalue weighted by molar-refractivity contribution is 8.00. The van der Waals surface area contributed by atoms with Crippen LogP contribution in [0.4, 0.5) is 5.82 Å². The molecule has 0 aliphatic carbocycles. The Morgan fingerprint density at radius 3 is 1.90 bits per heavy atom. The summed E-state index contributed by atoms with van der Waals surface area (Å²) >= 11 is 1.48. The number of aromatic amines is 1. The standard InChI is InChI=1S/C8H11N3O3S.2C8H8O3.3H2O/c9-5-1-2-11(8(13)10-5)6-4-15-7(3-12)14-6;2*9-7(8(10)11)6-4-2-1-3-5-6;;;/h1-2,6-7,12H,3-4H2,(H2,9,10,13);2*1-5,7,9H,(H,10,11);3*1H2/t6-,7+;2*7-;;;/m010.../s1. The van der Waals surface area contributed by atoms with E-state index < -0.39 is 24.1 Å². The molecule has 0 bridgehead atoms. The third-order valence-corrected chi connectivity index (χ3v) is 5.89. The molecular weight excluding hydrogens is 554 g/mol. The van der Waals surface area contributed by atoms with E-state index in [1.54, 1.807) is 60.8 Å². The molecule has 1 aliphatic rings. The number of nitrogens with two attached hydrogens (primary N) is 1. The van der Waals surface area contributed by atoms with Gasteiger partial charge in [0.1, 0.15) is 17.7 Å². The number of hydrogen-bond donors (Lipinski definition) is 6. The molecule has 1 saturated heterocycles. The lowest BCUT2D eigenvalue weighted by atomic mass is 10.1. The maximum absolute atomic E-state index is 11.5. The molecule has 0 saturated carbocycles. The maximum atomic E-state index is 11.5. The second-order valence-electron chi connectivity index (χ2n) is 7.43. The highest BCUT2D eigenvalue weighted by Gasteiger charge is 2.31. The molecule has 222 valence electrons. The number of thioether (sulfide) groups is 1. The number of aromatic nitrogens is 2. The molecular formula is C24H33N3O12S. The normalized spacial score (nSPS) is 16.5. The Hall–Kier alpha value is -3.87. The van der Waals surface area contributed by atoms with Gasteiger partial charge in [-0.05, 0) is 11.1 Å². The fourth-order valence-corrected chi connectivity index (χ4v) is 3.85. The number of H-pyrrole nitrogens is 1. The van der Waals surface area contributed by atoms with Crippen LogP contribution in [0.25, 0.3) is 0 Å². The number of nitrogen functional groups attached to an aromatic ring is 1. The highest BCUT2D eigenvalue weighted by Crippen LogP contribution is 2.27. The number of aliphatic hydroxyl groups is 3. The molecule has 40 heavy (non-hydrogen) atoms. The number of nitrogens with one attached hydrogen (secondary N) is 1. The minimum Gasteiger partial charge on any atom is -0.547 e. The van der Waals surface area contributed by atoms with Gasteiger partial charge in [0.2, 0.25) is 6.23 Å².